The molecule has 0 aliphatic carbocycles. The lowest BCUT2D eigenvalue weighted by atomic mass is 10.1. The summed E-state index contributed by atoms with van der Waals surface area (Å²) in [7, 11) is 1.29. The van der Waals surface area contributed by atoms with Gasteiger partial charge < -0.3 is 10.1 Å². The summed E-state index contributed by atoms with van der Waals surface area (Å²) < 4.78 is 4.65. The first-order valence-corrected chi connectivity index (χ1v) is 7.55. The molecule has 0 radical (unpaired) electrons. The van der Waals surface area contributed by atoms with Crippen LogP contribution in [0.3, 0.4) is 0 Å². The zero-order valence-electron chi connectivity index (χ0n) is 11.0. The van der Waals surface area contributed by atoms with E-state index in [4.69, 9.17) is 23.2 Å². The maximum absolute atomic E-state index is 12.1. The van der Waals surface area contributed by atoms with Gasteiger partial charge in [-0.2, -0.15) is 0 Å². The van der Waals surface area contributed by atoms with E-state index >= 15 is 0 Å². The van der Waals surface area contributed by atoms with Crippen molar-refractivity contribution in [2.24, 2.45) is 0 Å². The first-order valence-electron chi connectivity index (χ1n) is 5.91. The SMILES string of the molecule is COC(=O)c1ccsc1NC(=O)Cc1c(Cl)cccc1Cl. The molecule has 7 heteroatoms. The van der Waals surface area contributed by atoms with Gasteiger partial charge in [-0.1, -0.05) is 29.3 Å². The fourth-order valence-electron chi connectivity index (χ4n) is 1.71. The van der Waals surface area contributed by atoms with Crippen molar-refractivity contribution < 1.29 is 14.3 Å². The fourth-order valence-corrected chi connectivity index (χ4v) is 3.03. The Labute approximate surface area is 135 Å². The highest BCUT2D eigenvalue weighted by molar-refractivity contribution is 7.14. The number of esters is 1. The average molecular weight is 344 g/mol. The number of anilines is 1. The van der Waals surface area contributed by atoms with Crippen molar-refractivity contribution in [3.8, 4) is 0 Å². The number of nitrogens with one attached hydrogen (secondary N) is 1. The van der Waals surface area contributed by atoms with Gasteiger partial charge in [0.1, 0.15) is 5.00 Å². The molecule has 0 aliphatic rings. The molecule has 1 aromatic heterocycles. The summed E-state index contributed by atoms with van der Waals surface area (Å²) >= 11 is 13.3. The van der Waals surface area contributed by atoms with E-state index in [1.165, 1.54) is 18.4 Å². The van der Waals surface area contributed by atoms with Crippen LogP contribution in [0.4, 0.5) is 5.00 Å². The summed E-state index contributed by atoms with van der Waals surface area (Å²) in [6.07, 6.45) is 0.0248. The second-order valence-electron chi connectivity index (χ2n) is 4.08. The van der Waals surface area contributed by atoms with Crippen LogP contribution in [-0.4, -0.2) is 19.0 Å². The molecule has 0 saturated carbocycles. The number of rotatable bonds is 4. The van der Waals surface area contributed by atoms with Crippen molar-refractivity contribution in [2.75, 3.05) is 12.4 Å². The van der Waals surface area contributed by atoms with Gasteiger partial charge in [-0.25, -0.2) is 4.79 Å². The van der Waals surface area contributed by atoms with Gasteiger partial charge in [-0.05, 0) is 29.1 Å². The molecule has 1 amide bonds. The molecule has 2 aromatic rings. The highest BCUT2D eigenvalue weighted by atomic mass is 35.5. The van der Waals surface area contributed by atoms with Gasteiger partial charge in [0.05, 0.1) is 19.1 Å². The number of benzene rings is 1. The van der Waals surface area contributed by atoms with Crippen LogP contribution < -0.4 is 5.32 Å². The molecule has 0 saturated heterocycles. The summed E-state index contributed by atoms with van der Waals surface area (Å²) in [5, 5.41) is 5.66. The predicted molar refractivity (Wildman–Crippen MR) is 84.5 cm³/mol. The van der Waals surface area contributed by atoms with Gasteiger partial charge in [-0.3, -0.25) is 4.79 Å². The largest absolute Gasteiger partial charge is 0.465 e. The zero-order valence-corrected chi connectivity index (χ0v) is 13.3. The van der Waals surface area contributed by atoms with Crippen LogP contribution in [0.1, 0.15) is 15.9 Å². The Morgan fingerprint density at radius 1 is 1.24 bits per heavy atom. The summed E-state index contributed by atoms with van der Waals surface area (Å²) in [4.78, 5) is 23.6. The molecule has 0 unspecified atom stereocenters. The van der Waals surface area contributed by atoms with E-state index in [0.29, 0.717) is 26.2 Å². The Morgan fingerprint density at radius 2 is 1.90 bits per heavy atom. The van der Waals surface area contributed by atoms with E-state index in [2.05, 4.69) is 10.1 Å². The molecule has 1 aromatic carbocycles. The van der Waals surface area contributed by atoms with Crippen molar-refractivity contribution >= 4 is 51.4 Å². The summed E-state index contributed by atoms with van der Waals surface area (Å²) in [5.41, 5.74) is 0.871. The van der Waals surface area contributed by atoms with E-state index in [1.54, 1.807) is 29.6 Å². The molecule has 0 aliphatic heterocycles. The van der Waals surface area contributed by atoms with Crippen LogP contribution in [0, 0.1) is 0 Å². The predicted octanol–water partition coefficient (Wildman–Crippen LogP) is 4.02. The molecular formula is C14H11Cl2NO3S. The lowest BCUT2D eigenvalue weighted by molar-refractivity contribution is -0.115. The minimum absolute atomic E-state index is 0.0248. The number of halogens is 2. The zero-order chi connectivity index (χ0) is 15.4. The molecule has 2 rings (SSSR count). The van der Waals surface area contributed by atoms with Gasteiger partial charge in [0.2, 0.25) is 5.91 Å². The molecule has 1 N–H and O–H groups in total. The number of ether oxygens (including phenoxy) is 1. The first-order chi connectivity index (χ1) is 10.0. The normalized spacial score (nSPS) is 10.2. The van der Waals surface area contributed by atoms with Gasteiger partial charge >= 0.3 is 5.97 Å². The Balaban J connectivity index is 2.13. The Kier molecular flexibility index (Phi) is 5.22. The molecule has 0 fully saturated rings. The van der Waals surface area contributed by atoms with Crippen LogP contribution >= 0.6 is 34.5 Å². The number of methoxy groups -OCH3 is 1. The minimum atomic E-state index is -0.498. The Hall–Kier alpha value is -1.56. The summed E-state index contributed by atoms with van der Waals surface area (Å²) in [5.74, 6) is -0.806. The molecule has 4 nitrogen and oxygen atoms in total. The van der Waals surface area contributed by atoms with Crippen molar-refractivity contribution in [3.05, 3.63) is 50.8 Å². The van der Waals surface area contributed by atoms with E-state index in [-0.39, 0.29) is 12.3 Å². The third kappa shape index (κ3) is 3.75. The van der Waals surface area contributed by atoms with Crippen molar-refractivity contribution in [2.45, 2.75) is 6.42 Å². The molecule has 0 bridgehead atoms. The van der Waals surface area contributed by atoms with Crippen LogP contribution in [0.5, 0.6) is 0 Å². The summed E-state index contributed by atoms with van der Waals surface area (Å²) in [6.45, 7) is 0. The van der Waals surface area contributed by atoms with E-state index in [1.807, 2.05) is 0 Å². The van der Waals surface area contributed by atoms with E-state index < -0.39 is 5.97 Å². The van der Waals surface area contributed by atoms with Gasteiger partial charge in [-0.15, -0.1) is 11.3 Å². The maximum Gasteiger partial charge on any atom is 0.340 e. The Bertz CT molecular complexity index is 664. The maximum atomic E-state index is 12.1. The quantitative estimate of drug-likeness (QED) is 0.853. The van der Waals surface area contributed by atoms with Crippen LogP contribution in [0.2, 0.25) is 10.0 Å². The lowest BCUT2D eigenvalue weighted by Crippen LogP contribution is -2.16. The van der Waals surface area contributed by atoms with Crippen molar-refractivity contribution in [1.82, 2.24) is 0 Å². The molecule has 0 spiro atoms. The third-order valence-electron chi connectivity index (χ3n) is 2.72. The van der Waals surface area contributed by atoms with Gasteiger partial charge in [0.25, 0.3) is 0 Å². The van der Waals surface area contributed by atoms with Crippen LogP contribution in [0.15, 0.2) is 29.6 Å². The topological polar surface area (TPSA) is 55.4 Å². The molecule has 110 valence electrons. The highest BCUT2D eigenvalue weighted by Crippen LogP contribution is 2.27. The van der Waals surface area contributed by atoms with E-state index in [0.717, 1.165) is 0 Å². The molecule has 1 heterocycles. The lowest BCUT2D eigenvalue weighted by Gasteiger charge is -2.08. The van der Waals surface area contributed by atoms with Crippen LogP contribution in [-0.2, 0) is 16.0 Å². The second-order valence-corrected chi connectivity index (χ2v) is 5.81. The average Bonchev–Trinajstić information content (AvgIpc) is 2.90. The van der Waals surface area contributed by atoms with E-state index in [9.17, 15) is 9.59 Å². The second kappa shape index (κ2) is 6.93. The summed E-state index contributed by atoms with van der Waals surface area (Å²) in [6, 6.07) is 6.64. The number of thiophene rings is 1. The highest BCUT2D eigenvalue weighted by Gasteiger charge is 2.17. The van der Waals surface area contributed by atoms with Crippen LogP contribution in [0.25, 0.3) is 0 Å². The standard InChI is InChI=1S/C14H11Cl2NO3S/c1-20-14(19)8-5-6-21-13(8)17-12(18)7-9-10(15)3-2-4-11(9)16/h2-6H,7H2,1H3,(H,17,18). The number of amides is 1. The first kappa shape index (κ1) is 15.8. The third-order valence-corrected chi connectivity index (χ3v) is 4.26. The molecular weight excluding hydrogens is 333 g/mol. The van der Waals surface area contributed by atoms with Gasteiger partial charge in [0.15, 0.2) is 0 Å². The smallest absolute Gasteiger partial charge is 0.340 e. The monoisotopic (exact) mass is 343 g/mol. The Morgan fingerprint density at radius 3 is 2.52 bits per heavy atom. The van der Waals surface area contributed by atoms with Crippen molar-refractivity contribution in [3.63, 3.8) is 0 Å². The number of hydrogen-bond donors (Lipinski definition) is 1. The molecule has 0 atom stereocenters. The fraction of sp³-hybridized carbons (Fsp3) is 0.143. The minimum Gasteiger partial charge on any atom is -0.465 e. The number of hydrogen-bond acceptors (Lipinski definition) is 4. The number of carbonyl (C=O) groups excluding carboxylic acids is 2. The molecule has 21 heavy (non-hydrogen) atoms. The van der Waals surface area contributed by atoms with Gasteiger partial charge in [0, 0.05) is 10.0 Å². The van der Waals surface area contributed by atoms with Crippen molar-refractivity contribution in [1.29, 1.82) is 0 Å². The number of carbonyl (C=O) groups is 2.